The maximum Gasteiger partial charge on any atom is 0.192 e. The fourth-order valence-corrected chi connectivity index (χ4v) is 4.25. The van der Waals surface area contributed by atoms with E-state index in [0.717, 1.165) is 16.5 Å². The highest BCUT2D eigenvalue weighted by Gasteiger charge is 2.37. The van der Waals surface area contributed by atoms with Gasteiger partial charge in [0, 0.05) is 17.5 Å². The zero-order valence-corrected chi connectivity index (χ0v) is 16.8. The standard InChI is InChI=1S/C21H27N3OS/c1-13(18(25)14-7-9-16(10-8-14)21(2,3)4)26-20-23-22-19(15-5-6-15)24(20)17-11-12-17/h7-10,13,15,17H,5-6,11-12H2,1-4H3/t13-/m0/s1. The SMILES string of the molecule is C[C@H](Sc1nnc(C2CC2)n1C1CC1)C(=O)c1ccc(C(C)(C)C)cc1. The molecule has 1 aromatic carbocycles. The molecule has 2 aliphatic rings. The predicted octanol–water partition coefficient (Wildman–Crippen LogP) is 5.15. The summed E-state index contributed by atoms with van der Waals surface area (Å²) in [6.45, 7) is 8.53. The van der Waals surface area contributed by atoms with E-state index in [0.29, 0.717) is 12.0 Å². The summed E-state index contributed by atoms with van der Waals surface area (Å²) in [6.07, 6.45) is 4.87. The van der Waals surface area contributed by atoms with Gasteiger partial charge in [0.15, 0.2) is 10.9 Å². The van der Waals surface area contributed by atoms with E-state index in [4.69, 9.17) is 0 Å². The highest BCUT2D eigenvalue weighted by Crippen LogP contribution is 2.46. The van der Waals surface area contributed by atoms with Gasteiger partial charge in [0.05, 0.1) is 5.25 Å². The second-order valence-corrected chi connectivity index (χ2v) is 9.98. The molecule has 4 nitrogen and oxygen atoms in total. The van der Waals surface area contributed by atoms with Crippen molar-refractivity contribution in [1.29, 1.82) is 0 Å². The van der Waals surface area contributed by atoms with E-state index in [9.17, 15) is 4.79 Å². The number of Topliss-reactive ketones (excluding diaryl/α,β-unsaturated/α-hetero) is 1. The van der Waals surface area contributed by atoms with E-state index in [1.165, 1.54) is 31.2 Å². The Morgan fingerprint density at radius 1 is 1.12 bits per heavy atom. The fraction of sp³-hybridized carbons (Fsp3) is 0.571. The van der Waals surface area contributed by atoms with Gasteiger partial charge in [0.2, 0.25) is 0 Å². The molecule has 2 saturated carbocycles. The van der Waals surface area contributed by atoms with Crippen LogP contribution in [0, 0.1) is 0 Å². The normalized spacial score (nSPS) is 18.8. The molecule has 2 aromatic rings. The summed E-state index contributed by atoms with van der Waals surface area (Å²) in [5, 5.41) is 9.62. The van der Waals surface area contributed by atoms with Gasteiger partial charge >= 0.3 is 0 Å². The number of thioether (sulfide) groups is 1. The zero-order valence-electron chi connectivity index (χ0n) is 16.0. The molecule has 0 spiro atoms. The van der Waals surface area contributed by atoms with E-state index in [1.807, 2.05) is 19.1 Å². The van der Waals surface area contributed by atoms with Crippen LogP contribution in [0.2, 0.25) is 0 Å². The van der Waals surface area contributed by atoms with Gasteiger partial charge in [-0.05, 0) is 43.6 Å². The van der Waals surface area contributed by atoms with Crippen LogP contribution in [0.1, 0.15) is 87.1 Å². The molecule has 0 unspecified atom stereocenters. The number of benzene rings is 1. The van der Waals surface area contributed by atoms with Crippen molar-refractivity contribution in [2.24, 2.45) is 0 Å². The molecule has 4 rings (SSSR count). The Labute approximate surface area is 159 Å². The molecule has 2 fully saturated rings. The van der Waals surface area contributed by atoms with Gasteiger partial charge < -0.3 is 4.57 Å². The first kappa shape index (κ1) is 17.8. The first-order valence-electron chi connectivity index (χ1n) is 9.61. The highest BCUT2D eigenvalue weighted by atomic mass is 32.2. The monoisotopic (exact) mass is 369 g/mol. The Morgan fingerprint density at radius 2 is 1.77 bits per heavy atom. The van der Waals surface area contributed by atoms with Crippen LogP contribution >= 0.6 is 11.8 Å². The minimum atomic E-state index is -0.163. The molecule has 2 aliphatic carbocycles. The number of nitrogens with zero attached hydrogens (tertiary/aromatic N) is 3. The summed E-state index contributed by atoms with van der Waals surface area (Å²) >= 11 is 1.56. The van der Waals surface area contributed by atoms with Crippen molar-refractivity contribution in [2.45, 2.75) is 81.2 Å². The molecular formula is C21H27N3OS. The van der Waals surface area contributed by atoms with Crippen molar-refractivity contribution in [3.05, 3.63) is 41.2 Å². The van der Waals surface area contributed by atoms with Crippen molar-refractivity contribution < 1.29 is 4.79 Å². The fourth-order valence-electron chi connectivity index (χ4n) is 3.25. The van der Waals surface area contributed by atoms with Gasteiger partial charge in [-0.3, -0.25) is 4.79 Å². The van der Waals surface area contributed by atoms with E-state index in [-0.39, 0.29) is 16.4 Å². The molecule has 0 amide bonds. The van der Waals surface area contributed by atoms with E-state index < -0.39 is 0 Å². The number of rotatable bonds is 6. The lowest BCUT2D eigenvalue weighted by Crippen LogP contribution is -2.16. The molecule has 1 aromatic heterocycles. The van der Waals surface area contributed by atoms with Gasteiger partial charge in [0.25, 0.3) is 0 Å². The maximum atomic E-state index is 12.9. The minimum absolute atomic E-state index is 0.0990. The van der Waals surface area contributed by atoms with Crippen molar-refractivity contribution in [1.82, 2.24) is 14.8 Å². The van der Waals surface area contributed by atoms with Crippen molar-refractivity contribution in [2.75, 3.05) is 0 Å². The van der Waals surface area contributed by atoms with Crippen molar-refractivity contribution in [3.63, 3.8) is 0 Å². The number of hydrogen-bond donors (Lipinski definition) is 0. The van der Waals surface area contributed by atoms with Gasteiger partial charge in [-0.1, -0.05) is 56.8 Å². The second kappa shape index (κ2) is 6.52. The lowest BCUT2D eigenvalue weighted by Gasteiger charge is -2.19. The quantitative estimate of drug-likeness (QED) is 0.522. The lowest BCUT2D eigenvalue weighted by molar-refractivity contribution is 0.0993. The molecule has 5 heteroatoms. The third kappa shape index (κ3) is 3.59. The average Bonchev–Trinajstić information content (AvgIpc) is 3.52. The van der Waals surface area contributed by atoms with E-state index in [1.54, 1.807) is 11.8 Å². The number of hydrogen-bond acceptors (Lipinski definition) is 4. The van der Waals surface area contributed by atoms with Crippen molar-refractivity contribution in [3.8, 4) is 0 Å². The summed E-state index contributed by atoms with van der Waals surface area (Å²) in [5.41, 5.74) is 2.12. The van der Waals surface area contributed by atoms with Gasteiger partial charge in [-0.15, -0.1) is 10.2 Å². The predicted molar refractivity (Wildman–Crippen MR) is 105 cm³/mol. The third-order valence-corrected chi connectivity index (χ3v) is 6.29. The Kier molecular flexibility index (Phi) is 4.46. The highest BCUT2D eigenvalue weighted by molar-refractivity contribution is 8.00. The molecule has 0 saturated heterocycles. The van der Waals surface area contributed by atoms with Crippen LogP contribution in [-0.2, 0) is 5.41 Å². The summed E-state index contributed by atoms with van der Waals surface area (Å²) < 4.78 is 2.31. The Bertz CT molecular complexity index is 811. The number of carbonyl (C=O) groups excluding carboxylic acids is 1. The summed E-state index contributed by atoms with van der Waals surface area (Å²) in [7, 11) is 0. The topological polar surface area (TPSA) is 47.8 Å². The smallest absolute Gasteiger partial charge is 0.192 e. The van der Waals surface area contributed by atoms with E-state index >= 15 is 0 Å². The molecule has 1 atom stereocenters. The Balaban J connectivity index is 1.50. The van der Waals surface area contributed by atoms with Gasteiger partial charge in [-0.2, -0.15) is 0 Å². The second-order valence-electron chi connectivity index (χ2n) is 8.67. The van der Waals surface area contributed by atoms with Crippen LogP contribution in [0.15, 0.2) is 29.4 Å². The molecule has 1 heterocycles. The van der Waals surface area contributed by atoms with Crippen molar-refractivity contribution >= 4 is 17.5 Å². The summed E-state index contributed by atoms with van der Waals surface area (Å²) in [6, 6.07) is 8.62. The Hall–Kier alpha value is -1.62. The molecule has 0 aliphatic heterocycles. The van der Waals surface area contributed by atoms with Crippen LogP contribution in [0.4, 0.5) is 0 Å². The molecule has 0 bridgehead atoms. The summed E-state index contributed by atoms with van der Waals surface area (Å²) in [5.74, 6) is 1.89. The Morgan fingerprint density at radius 3 is 2.31 bits per heavy atom. The molecule has 0 N–H and O–H groups in total. The molecule has 138 valence electrons. The molecular weight excluding hydrogens is 342 g/mol. The summed E-state index contributed by atoms with van der Waals surface area (Å²) in [4.78, 5) is 12.9. The first-order valence-corrected chi connectivity index (χ1v) is 10.5. The number of ketones is 1. The van der Waals surface area contributed by atoms with Crippen LogP contribution < -0.4 is 0 Å². The van der Waals surface area contributed by atoms with E-state index in [2.05, 4.69) is 47.7 Å². The number of aromatic nitrogens is 3. The lowest BCUT2D eigenvalue weighted by atomic mass is 9.86. The van der Waals surface area contributed by atoms with Gasteiger partial charge in [-0.25, -0.2) is 0 Å². The largest absolute Gasteiger partial charge is 0.303 e. The van der Waals surface area contributed by atoms with Crippen LogP contribution in [0.5, 0.6) is 0 Å². The molecule has 26 heavy (non-hydrogen) atoms. The van der Waals surface area contributed by atoms with Crippen LogP contribution in [0.3, 0.4) is 0 Å². The van der Waals surface area contributed by atoms with Crippen LogP contribution in [-0.4, -0.2) is 25.8 Å². The molecule has 0 radical (unpaired) electrons. The maximum absolute atomic E-state index is 12.9. The zero-order chi connectivity index (χ0) is 18.5. The van der Waals surface area contributed by atoms with Gasteiger partial charge in [0.1, 0.15) is 5.82 Å². The third-order valence-electron chi connectivity index (χ3n) is 5.23. The number of carbonyl (C=O) groups is 1. The minimum Gasteiger partial charge on any atom is -0.303 e. The first-order chi connectivity index (χ1) is 12.3. The average molecular weight is 370 g/mol. The van der Waals surface area contributed by atoms with Crippen LogP contribution in [0.25, 0.3) is 0 Å².